The SMILES string of the molecule is C[C@@H](OCC1(c2ccccc2)CCC(C#N)(CC(=O)CCCCl)CC1)c1cc(C(F)(F)F)cc(C(F)(F)F)c1.C[C@@H](OCC1(c2ccccc2)CCC(N)(C#N)CC1)c1cc(C(F)(F)F)cc(C(F)(F)F)c1.O=C(Cl)CCCCl. The third kappa shape index (κ3) is 19.4. The van der Waals surface area contributed by atoms with Crippen molar-refractivity contribution < 1.29 is 71.7 Å². The molecule has 4 aromatic carbocycles. The van der Waals surface area contributed by atoms with Crippen molar-refractivity contribution in [2.75, 3.05) is 25.0 Å². The number of nitrogens with two attached hydrogens (primary N) is 1. The van der Waals surface area contributed by atoms with E-state index < -0.39 is 81.0 Å². The third-order valence-electron chi connectivity index (χ3n) is 14.5. The summed E-state index contributed by atoms with van der Waals surface area (Å²) in [5.41, 5.74) is -1.02. The maximum absolute atomic E-state index is 13.4. The Balaban J connectivity index is 0.000000307. The Bertz CT molecular complexity index is 2630. The Morgan fingerprint density at radius 1 is 0.557 bits per heavy atom. The van der Waals surface area contributed by atoms with E-state index in [1.54, 1.807) is 0 Å². The predicted molar refractivity (Wildman–Crippen MR) is 276 cm³/mol. The van der Waals surface area contributed by atoms with Crippen molar-refractivity contribution in [3.63, 3.8) is 0 Å². The lowest BCUT2D eigenvalue weighted by atomic mass is 9.60. The predicted octanol–water partition coefficient (Wildman–Crippen LogP) is 17.1. The first-order chi connectivity index (χ1) is 36.8. The number of ketones is 1. The second-order valence-electron chi connectivity index (χ2n) is 20.2. The summed E-state index contributed by atoms with van der Waals surface area (Å²) in [6.45, 7) is 2.95. The maximum Gasteiger partial charge on any atom is 0.416 e. The van der Waals surface area contributed by atoms with E-state index in [1.807, 2.05) is 60.7 Å². The van der Waals surface area contributed by atoms with Crippen LogP contribution in [0.1, 0.15) is 154 Å². The number of carbonyl (C=O) groups is 2. The molecule has 4 aromatic rings. The Morgan fingerprint density at radius 2 is 0.899 bits per heavy atom. The van der Waals surface area contributed by atoms with Crippen LogP contribution < -0.4 is 5.73 Å². The first kappa shape index (κ1) is 66.6. The quantitative estimate of drug-likeness (QED) is 0.0597. The number of carbonyl (C=O) groups excluding carboxylic acids is 2. The number of halogens is 15. The molecule has 79 heavy (non-hydrogen) atoms. The second kappa shape index (κ2) is 28.2. The zero-order valence-corrected chi connectivity index (χ0v) is 45.5. The molecule has 2 aliphatic carbocycles. The van der Waals surface area contributed by atoms with Gasteiger partial charge in [-0.3, -0.25) is 9.59 Å². The topological polar surface area (TPSA) is 126 Å². The molecular weight excluding hydrogens is 1120 g/mol. The standard InChI is InChI=1S/C29H30ClF6NO2.C24H24F6N2O.C4H6Cl2O/c1-20(21-14-23(28(31,32)33)16-24(15-21)29(34,35)36)39-19-27(22-6-3-2-4-7-22)11-9-26(18-37,10-12-27)17-25(38)8-5-13-30;1-16(17-11-19(23(25,26)27)13-20(12-17)24(28,29)30)33-15-21(18-5-3-2-4-6-18)7-9-22(32,14-31)10-8-21;5-3-1-2-4(6)7/h2-4,6-7,14-16,20H,5,8-13,17,19H2,1H3;2-6,11-13,16H,7-10,15,32H2,1H3;1-3H2/t20-,26?,27?;16-,21?,22?;/m11./s1. The van der Waals surface area contributed by atoms with Gasteiger partial charge >= 0.3 is 24.7 Å². The van der Waals surface area contributed by atoms with E-state index in [0.29, 0.717) is 113 Å². The summed E-state index contributed by atoms with van der Waals surface area (Å²) in [6.07, 6.45) is -16.2. The van der Waals surface area contributed by atoms with Gasteiger partial charge in [0.1, 0.15) is 11.3 Å². The summed E-state index contributed by atoms with van der Waals surface area (Å²) in [5.74, 6) is 0.839. The molecule has 6 rings (SSSR count). The fourth-order valence-electron chi connectivity index (χ4n) is 9.56. The highest BCUT2D eigenvalue weighted by Crippen LogP contribution is 2.50. The maximum atomic E-state index is 13.4. The molecule has 2 N–H and O–H groups in total. The van der Waals surface area contributed by atoms with Crippen LogP contribution in [0.5, 0.6) is 0 Å². The van der Waals surface area contributed by atoms with E-state index in [-0.39, 0.29) is 53.9 Å². The molecule has 0 unspecified atom stereocenters. The first-order valence-electron chi connectivity index (χ1n) is 25.2. The zero-order chi connectivity index (χ0) is 59.1. The van der Waals surface area contributed by atoms with Gasteiger partial charge in [-0.1, -0.05) is 60.7 Å². The van der Waals surface area contributed by atoms with Crippen molar-refractivity contribution in [3.8, 4) is 12.1 Å². The molecule has 22 heteroatoms. The number of alkyl halides is 14. The lowest BCUT2D eigenvalue weighted by molar-refractivity contribution is -0.145. The monoisotopic (exact) mass is 1180 g/mol. The first-order valence-corrected chi connectivity index (χ1v) is 26.6. The van der Waals surface area contributed by atoms with Gasteiger partial charge < -0.3 is 15.2 Å². The number of benzene rings is 4. The van der Waals surface area contributed by atoms with E-state index in [9.17, 15) is 72.8 Å². The fraction of sp³-hybridized carbons (Fsp3) is 0.509. The summed E-state index contributed by atoms with van der Waals surface area (Å²) in [6, 6.07) is 26.0. The average Bonchev–Trinajstić information content (AvgIpc) is 3.47. The van der Waals surface area contributed by atoms with Crippen LogP contribution in [0.15, 0.2) is 97.1 Å². The summed E-state index contributed by atoms with van der Waals surface area (Å²) in [4.78, 5) is 22.3. The van der Waals surface area contributed by atoms with E-state index in [0.717, 1.165) is 11.1 Å². The lowest BCUT2D eigenvalue weighted by Gasteiger charge is -2.44. The highest BCUT2D eigenvalue weighted by molar-refractivity contribution is 6.63. The van der Waals surface area contributed by atoms with Crippen LogP contribution in [0.4, 0.5) is 52.7 Å². The van der Waals surface area contributed by atoms with Crippen molar-refractivity contribution in [1.29, 1.82) is 10.5 Å². The Morgan fingerprint density at radius 3 is 1.19 bits per heavy atom. The lowest BCUT2D eigenvalue weighted by Crippen LogP contribution is -2.48. The number of hydrogen-bond donors (Lipinski definition) is 1. The van der Waals surface area contributed by atoms with Crippen LogP contribution in [0, 0.1) is 28.1 Å². The highest BCUT2D eigenvalue weighted by Gasteiger charge is 2.47. The summed E-state index contributed by atoms with van der Waals surface area (Å²) in [7, 11) is 0. The summed E-state index contributed by atoms with van der Waals surface area (Å²) < 4.78 is 171. The minimum atomic E-state index is -4.95. The van der Waals surface area contributed by atoms with Gasteiger partial charge in [-0.05, 0) is 148 Å². The number of ether oxygens (including phenoxy) is 2. The number of nitrogens with zero attached hydrogens (tertiary/aromatic N) is 2. The van der Waals surface area contributed by atoms with Crippen molar-refractivity contribution >= 4 is 45.8 Å². The molecule has 0 saturated heterocycles. The molecule has 2 aliphatic rings. The van der Waals surface area contributed by atoms with E-state index in [2.05, 4.69) is 12.1 Å². The van der Waals surface area contributed by atoms with Gasteiger partial charge in [-0.15, -0.1) is 23.2 Å². The molecule has 432 valence electrons. The van der Waals surface area contributed by atoms with E-state index in [1.165, 1.54) is 13.8 Å². The normalized spacial score (nSPS) is 22.4. The molecule has 2 fully saturated rings. The van der Waals surface area contributed by atoms with E-state index >= 15 is 0 Å². The Labute approximate surface area is 466 Å². The number of rotatable bonds is 18. The van der Waals surface area contributed by atoms with Gasteiger partial charge in [-0.25, -0.2) is 0 Å². The highest BCUT2D eigenvalue weighted by atomic mass is 35.5. The number of Topliss-reactive ketones (excluding diaryl/α,β-unsaturated/α-hetero) is 1. The number of nitriles is 2. The minimum absolute atomic E-state index is 0.0253. The molecule has 0 heterocycles. The molecule has 0 aromatic heterocycles. The second-order valence-corrected chi connectivity index (χ2v) is 21.4. The molecule has 2 saturated carbocycles. The van der Waals surface area contributed by atoms with Crippen LogP contribution >= 0.6 is 34.8 Å². The average molecular weight is 1190 g/mol. The van der Waals surface area contributed by atoms with Gasteiger partial charge in [0.2, 0.25) is 5.24 Å². The van der Waals surface area contributed by atoms with Gasteiger partial charge in [0.25, 0.3) is 0 Å². The molecule has 0 amide bonds. The Kier molecular flexibility index (Phi) is 23.8. The molecule has 0 aliphatic heterocycles. The van der Waals surface area contributed by atoms with Crippen molar-refractivity contribution in [2.45, 2.75) is 151 Å². The van der Waals surface area contributed by atoms with Crippen LogP contribution in [0.2, 0.25) is 0 Å². The Hall–Kier alpha value is -4.89. The molecule has 0 spiro atoms. The van der Waals surface area contributed by atoms with Crippen LogP contribution in [0.3, 0.4) is 0 Å². The molecule has 2 atom stereocenters. The van der Waals surface area contributed by atoms with Crippen molar-refractivity contribution in [1.82, 2.24) is 0 Å². The van der Waals surface area contributed by atoms with Crippen LogP contribution in [-0.2, 0) is 54.6 Å². The van der Waals surface area contributed by atoms with Crippen LogP contribution in [-0.4, -0.2) is 41.5 Å². The van der Waals surface area contributed by atoms with Gasteiger partial charge in [0.05, 0.1) is 65.2 Å². The third-order valence-corrected chi connectivity index (χ3v) is 15.2. The van der Waals surface area contributed by atoms with Gasteiger partial charge in [-0.2, -0.15) is 63.2 Å². The fourth-order valence-corrected chi connectivity index (χ4v) is 9.96. The van der Waals surface area contributed by atoms with Gasteiger partial charge in [0, 0.05) is 41.9 Å². The zero-order valence-electron chi connectivity index (χ0n) is 43.2. The molecule has 0 bridgehead atoms. The smallest absolute Gasteiger partial charge is 0.373 e. The van der Waals surface area contributed by atoms with Crippen molar-refractivity contribution in [3.05, 3.63) is 142 Å². The summed E-state index contributed by atoms with van der Waals surface area (Å²) in [5, 5.41) is 19.0. The van der Waals surface area contributed by atoms with Crippen LogP contribution in [0.25, 0.3) is 0 Å². The number of hydrogen-bond acceptors (Lipinski definition) is 7. The molecule has 0 radical (unpaired) electrons. The van der Waals surface area contributed by atoms with Crippen molar-refractivity contribution in [2.24, 2.45) is 11.1 Å². The minimum Gasteiger partial charge on any atom is -0.373 e. The van der Waals surface area contributed by atoms with Gasteiger partial charge in [0.15, 0.2) is 0 Å². The van der Waals surface area contributed by atoms with E-state index in [4.69, 9.17) is 50.0 Å². The molecular formula is C57H60Cl3F12N3O4. The summed E-state index contributed by atoms with van der Waals surface area (Å²) >= 11 is 15.9. The largest absolute Gasteiger partial charge is 0.416 e. The molecule has 7 nitrogen and oxygen atoms in total.